The molecule has 0 saturated carbocycles. The minimum Gasteiger partial charge on any atom is -0.497 e. The molecule has 9 heteroatoms. The number of rotatable bonds is 6. The molecule has 0 aliphatic carbocycles. The molecule has 0 unspecified atom stereocenters. The van der Waals surface area contributed by atoms with Crippen LogP contribution in [0.25, 0.3) is 11.4 Å². The van der Waals surface area contributed by atoms with Crippen LogP contribution in [-0.4, -0.2) is 33.6 Å². The zero-order valence-corrected chi connectivity index (χ0v) is 15.4. The van der Waals surface area contributed by atoms with Gasteiger partial charge in [-0.1, -0.05) is 23.4 Å². The minimum absolute atomic E-state index is 0.153. The standard InChI is InChI=1S/C17H16ClN5O2S/c1-25-14-8-2-11(3-9-14)16-21-22-17(23(16)19)26-10-15(24)20-13-6-4-12(18)5-7-13/h2-9H,10,19H2,1H3,(H,20,24). The summed E-state index contributed by atoms with van der Waals surface area (Å²) in [6.45, 7) is 0. The molecule has 1 amide bonds. The first kappa shape index (κ1) is 18.1. The highest BCUT2D eigenvalue weighted by atomic mass is 35.5. The molecule has 1 aromatic heterocycles. The number of carbonyl (C=O) groups is 1. The lowest BCUT2D eigenvalue weighted by molar-refractivity contribution is -0.113. The summed E-state index contributed by atoms with van der Waals surface area (Å²) in [4.78, 5) is 12.1. The van der Waals surface area contributed by atoms with Crippen molar-refractivity contribution < 1.29 is 9.53 Å². The van der Waals surface area contributed by atoms with Crippen LogP contribution in [0, 0.1) is 0 Å². The van der Waals surface area contributed by atoms with Crippen LogP contribution in [-0.2, 0) is 4.79 Å². The number of nitrogens with one attached hydrogen (secondary N) is 1. The summed E-state index contributed by atoms with van der Waals surface area (Å²) in [5.74, 6) is 7.28. The Balaban J connectivity index is 1.62. The molecular weight excluding hydrogens is 374 g/mol. The number of ether oxygens (including phenoxy) is 1. The van der Waals surface area contributed by atoms with E-state index in [0.717, 1.165) is 11.3 Å². The predicted octanol–water partition coefficient (Wildman–Crippen LogP) is 3.05. The van der Waals surface area contributed by atoms with E-state index in [4.69, 9.17) is 22.2 Å². The zero-order chi connectivity index (χ0) is 18.5. The van der Waals surface area contributed by atoms with Gasteiger partial charge < -0.3 is 15.9 Å². The molecule has 134 valence electrons. The lowest BCUT2D eigenvalue weighted by Gasteiger charge is -2.06. The molecule has 0 fully saturated rings. The molecule has 0 aliphatic rings. The maximum Gasteiger partial charge on any atom is 0.234 e. The molecule has 0 aliphatic heterocycles. The van der Waals surface area contributed by atoms with Crippen molar-refractivity contribution in [2.75, 3.05) is 24.0 Å². The van der Waals surface area contributed by atoms with Crippen molar-refractivity contribution in [2.24, 2.45) is 0 Å². The Morgan fingerprint density at radius 1 is 1.19 bits per heavy atom. The number of thioether (sulfide) groups is 1. The van der Waals surface area contributed by atoms with E-state index in [1.54, 1.807) is 31.4 Å². The van der Waals surface area contributed by atoms with Crippen molar-refractivity contribution in [3.63, 3.8) is 0 Å². The van der Waals surface area contributed by atoms with E-state index in [0.29, 0.717) is 21.7 Å². The molecule has 0 saturated heterocycles. The first-order valence-electron chi connectivity index (χ1n) is 7.60. The van der Waals surface area contributed by atoms with Crippen LogP contribution in [0.1, 0.15) is 0 Å². The van der Waals surface area contributed by atoms with Gasteiger partial charge >= 0.3 is 0 Å². The van der Waals surface area contributed by atoms with Crippen LogP contribution in [0.4, 0.5) is 5.69 Å². The number of methoxy groups -OCH3 is 1. The lowest BCUT2D eigenvalue weighted by Crippen LogP contribution is -2.16. The second-order valence-electron chi connectivity index (χ2n) is 5.25. The zero-order valence-electron chi connectivity index (χ0n) is 13.8. The number of nitrogen functional groups attached to an aromatic ring is 1. The predicted molar refractivity (Wildman–Crippen MR) is 103 cm³/mol. The van der Waals surface area contributed by atoms with Gasteiger partial charge in [-0.2, -0.15) is 0 Å². The molecule has 0 radical (unpaired) electrons. The molecular formula is C17H16ClN5O2S. The number of nitrogens with two attached hydrogens (primary N) is 1. The summed E-state index contributed by atoms with van der Waals surface area (Å²) in [6.07, 6.45) is 0. The van der Waals surface area contributed by atoms with Crippen molar-refractivity contribution in [3.05, 3.63) is 53.6 Å². The number of benzene rings is 2. The van der Waals surface area contributed by atoms with Crippen molar-refractivity contribution in [3.8, 4) is 17.1 Å². The fourth-order valence-corrected chi connectivity index (χ4v) is 2.96. The number of anilines is 1. The van der Waals surface area contributed by atoms with Crippen molar-refractivity contribution in [1.29, 1.82) is 0 Å². The van der Waals surface area contributed by atoms with E-state index in [1.807, 2.05) is 24.3 Å². The van der Waals surface area contributed by atoms with E-state index >= 15 is 0 Å². The molecule has 26 heavy (non-hydrogen) atoms. The van der Waals surface area contributed by atoms with Gasteiger partial charge in [0, 0.05) is 16.3 Å². The number of halogens is 1. The molecule has 7 nitrogen and oxygen atoms in total. The Kier molecular flexibility index (Phi) is 5.65. The molecule has 3 aromatic rings. The Bertz CT molecular complexity index is 897. The van der Waals surface area contributed by atoms with E-state index in [-0.39, 0.29) is 11.7 Å². The van der Waals surface area contributed by atoms with E-state index < -0.39 is 0 Å². The smallest absolute Gasteiger partial charge is 0.234 e. The highest BCUT2D eigenvalue weighted by Gasteiger charge is 2.14. The monoisotopic (exact) mass is 389 g/mol. The van der Waals surface area contributed by atoms with Crippen molar-refractivity contribution in [2.45, 2.75) is 5.16 Å². The van der Waals surface area contributed by atoms with E-state index in [1.165, 1.54) is 16.4 Å². The second kappa shape index (κ2) is 8.11. The number of amides is 1. The Hall–Kier alpha value is -2.71. The van der Waals surface area contributed by atoms with Gasteiger partial charge in [0.15, 0.2) is 5.82 Å². The first-order valence-corrected chi connectivity index (χ1v) is 8.96. The van der Waals surface area contributed by atoms with Gasteiger partial charge in [0.25, 0.3) is 0 Å². The Morgan fingerprint density at radius 3 is 2.54 bits per heavy atom. The van der Waals surface area contributed by atoms with E-state index in [2.05, 4.69) is 15.5 Å². The summed E-state index contributed by atoms with van der Waals surface area (Å²) in [7, 11) is 1.60. The fraction of sp³-hybridized carbons (Fsp3) is 0.118. The highest BCUT2D eigenvalue weighted by Crippen LogP contribution is 2.23. The topological polar surface area (TPSA) is 95.1 Å². The lowest BCUT2D eigenvalue weighted by atomic mass is 10.2. The molecule has 1 heterocycles. The van der Waals surface area contributed by atoms with Gasteiger partial charge in [-0.25, -0.2) is 4.68 Å². The van der Waals surface area contributed by atoms with Crippen LogP contribution in [0.5, 0.6) is 5.75 Å². The van der Waals surface area contributed by atoms with Crippen LogP contribution in [0.15, 0.2) is 53.7 Å². The maximum atomic E-state index is 12.1. The first-order chi connectivity index (χ1) is 12.6. The molecule has 0 bridgehead atoms. The summed E-state index contributed by atoms with van der Waals surface area (Å²) < 4.78 is 6.49. The van der Waals surface area contributed by atoms with Gasteiger partial charge in [0.1, 0.15) is 5.75 Å². The maximum absolute atomic E-state index is 12.1. The van der Waals surface area contributed by atoms with Crippen molar-refractivity contribution >= 4 is 35.0 Å². The Morgan fingerprint density at radius 2 is 1.88 bits per heavy atom. The third-order valence-corrected chi connectivity index (χ3v) is 4.67. The quantitative estimate of drug-likeness (QED) is 0.497. The molecule has 3 N–H and O–H groups in total. The highest BCUT2D eigenvalue weighted by molar-refractivity contribution is 7.99. The van der Waals surface area contributed by atoms with Gasteiger partial charge in [0.2, 0.25) is 11.1 Å². The van der Waals surface area contributed by atoms with Crippen LogP contribution < -0.4 is 15.9 Å². The van der Waals surface area contributed by atoms with Crippen LogP contribution in [0.2, 0.25) is 5.02 Å². The number of hydrogen-bond donors (Lipinski definition) is 2. The average Bonchev–Trinajstić information content (AvgIpc) is 3.02. The molecule has 2 aromatic carbocycles. The third kappa shape index (κ3) is 4.27. The largest absolute Gasteiger partial charge is 0.497 e. The van der Waals surface area contributed by atoms with Crippen LogP contribution in [0.3, 0.4) is 0 Å². The van der Waals surface area contributed by atoms with Gasteiger partial charge in [-0.15, -0.1) is 10.2 Å². The molecule has 0 atom stereocenters. The normalized spacial score (nSPS) is 10.5. The second-order valence-corrected chi connectivity index (χ2v) is 6.63. The minimum atomic E-state index is -0.175. The number of aromatic nitrogens is 3. The van der Waals surface area contributed by atoms with Crippen LogP contribution >= 0.6 is 23.4 Å². The average molecular weight is 390 g/mol. The Labute approximate surface area is 159 Å². The number of nitrogens with zero attached hydrogens (tertiary/aromatic N) is 3. The summed E-state index contributed by atoms with van der Waals surface area (Å²) in [5.41, 5.74) is 1.48. The fourth-order valence-electron chi connectivity index (χ4n) is 2.17. The summed E-state index contributed by atoms with van der Waals surface area (Å²) >= 11 is 7.02. The van der Waals surface area contributed by atoms with E-state index in [9.17, 15) is 4.79 Å². The molecule has 0 spiro atoms. The number of carbonyl (C=O) groups excluding carboxylic acids is 1. The molecule has 3 rings (SSSR count). The number of hydrogen-bond acceptors (Lipinski definition) is 6. The summed E-state index contributed by atoms with van der Waals surface area (Å²) in [5, 5.41) is 12.0. The van der Waals surface area contributed by atoms with Gasteiger partial charge in [0.05, 0.1) is 12.9 Å². The van der Waals surface area contributed by atoms with Gasteiger partial charge in [-0.3, -0.25) is 4.79 Å². The summed E-state index contributed by atoms with van der Waals surface area (Å²) in [6, 6.07) is 14.2. The van der Waals surface area contributed by atoms with Gasteiger partial charge in [-0.05, 0) is 48.5 Å². The third-order valence-electron chi connectivity index (χ3n) is 3.47. The SMILES string of the molecule is COc1ccc(-c2nnc(SCC(=O)Nc3ccc(Cl)cc3)n2N)cc1. The van der Waals surface area contributed by atoms with Crippen molar-refractivity contribution in [1.82, 2.24) is 14.9 Å².